The van der Waals surface area contributed by atoms with Gasteiger partial charge < -0.3 is 15.4 Å². The fourth-order valence-corrected chi connectivity index (χ4v) is 4.93. The van der Waals surface area contributed by atoms with Gasteiger partial charge in [0.1, 0.15) is 0 Å². The predicted octanol–water partition coefficient (Wildman–Crippen LogP) is 3.42. The zero-order valence-corrected chi connectivity index (χ0v) is 21.7. The molecule has 0 bridgehead atoms. The Bertz CT molecular complexity index is 1270. The lowest BCUT2D eigenvalue weighted by atomic mass is 9.85. The minimum atomic E-state index is -0.896. The normalized spacial score (nSPS) is 20.1. The van der Waals surface area contributed by atoms with Gasteiger partial charge in [0, 0.05) is 67.5 Å². The molecule has 0 spiro atoms. The summed E-state index contributed by atoms with van der Waals surface area (Å²) in [6, 6.07) is 8.57. The van der Waals surface area contributed by atoms with Gasteiger partial charge in [-0.2, -0.15) is 5.10 Å². The maximum atomic E-state index is 12.4. The van der Waals surface area contributed by atoms with Crippen LogP contribution in [0.25, 0.3) is 28.1 Å². The minimum absolute atomic E-state index is 0.00443. The first-order valence-corrected chi connectivity index (χ1v) is 12.9. The molecule has 2 aromatic heterocycles. The second-order valence-corrected chi connectivity index (χ2v) is 10.7. The second-order valence-electron chi connectivity index (χ2n) is 10.7. The third-order valence-electron chi connectivity index (χ3n) is 7.08. The average molecular weight is 502 g/mol. The number of carbonyl (C=O) groups excluding carboxylic acids is 1. The number of benzene rings is 1. The molecule has 2 aliphatic rings. The lowest BCUT2D eigenvalue weighted by Crippen LogP contribution is -2.41. The summed E-state index contributed by atoms with van der Waals surface area (Å²) < 4.78 is 2.01. The molecule has 1 fully saturated rings. The first kappa shape index (κ1) is 25.1. The zero-order valence-electron chi connectivity index (χ0n) is 21.7. The second kappa shape index (κ2) is 10.4. The van der Waals surface area contributed by atoms with Crippen molar-refractivity contribution < 1.29 is 9.90 Å². The predicted molar refractivity (Wildman–Crippen MR) is 143 cm³/mol. The summed E-state index contributed by atoms with van der Waals surface area (Å²) in [7, 11) is 1.99. The molecule has 1 saturated carbocycles. The fourth-order valence-electron chi connectivity index (χ4n) is 4.93. The number of aliphatic hydroxyl groups is 1. The van der Waals surface area contributed by atoms with E-state index in [1.54, 1.807) is 13.8 Å². The third-order valence-corrected chi connectivity index (χ3v) is 7.08. The van der Waals surface area contributed by atoms with Crippen LogP contribution in [-0.2, 0) is 4.79 Å². The van der Waals surface area contributed by atoms with Crippen molar-refractivity contribution in [2.75, 3.05) is 20.1 Å². The summed E-state index contributed by atoms with van der Waals surface area (Å²) >= 11 is 0. The topological polar surface area (TPSA) is 108 Å². The fraction of sp³-hybridized carbons (Fsp3) is 0.429. The Labute approximate surface area is 217 Å². The van der Waals surface area contributed by atoms with E-state index in [4.69, 9.17) is 0 Å². The number of hydrogen-bond acceptors (Lipinski definition) is 7. The molecule has 3 aromatic rings. The van der Waals surface area contributed by atoms with Crippen molar-refractivity contribution in [3.05, 3.63) is 60.8 Å². The molecular formula is C28H35N7O2. The summed E-state index contributed by atoms with van der Waals surface area (Å²) in [5, 5.41) is 19.3. The van der Waals surface area contributed by atoms with Crippen molar-refractivity contribution in [2.24, 2.45) is 5.92 Å². The molecule has 1 aromatic carbocycles. The quantitative estimate of drug-likeness (QED) is 0.455. The first-order chi connectivity index (χ1) is 17.7. The molecule has 9 nitrogen and oxygen atoms in total. The molecule has 5 rings (SSSR count). The highest BCUT2D eigenvalue weighted by Crippen LogP contribution is 2.33. The number of nitrogens with zero attached hydrogens (tertiary/aromatic N) is 5. The van der Waals surface area contributed by atoms with Crippen LogP contribution in [0.15, 0.2) is 55.3 Å². The van der Waals surface area contributed by atoms with E-state index >= 15 is 0 Å². The van der Waals surface area contributed by atoms with Crippen LogP contribution < -0.4 is 10.7 Å². The molecule has 9 heteroatoms. The van der Waals surface area contributed by atoms with E-state index in [0.717, 1.165) is 54.5 Å². The molecule has 1 amide bonds. The number of rotatable bonds is 7. The van der Waals surface area contributed by atoms with Gasteiger partial charge in [-0.1, -0.05) is 18.2 Å². The van der Waals surface area contributed by atoms with Gasteiger partial charge in [0.2, 0.25) is 5.91 Å². The summed E-state index contributed by atoms with van der Waals surface area (Å²) in [5.41, 5.74) is 7.66. The van der Waals surface area contributed by atoms with Crippen molar-refractivity contribution in [1.29, 1.82) is 0 Å². The van der Waals surface area contributed by atoms with Crippen molar-refractivity contribution in [3.8, 4) is 22.5 Å². The molecule has 1 aliphatic carbocycles. The monoisotopic (exact) mass is 501 g/mol. The maximum Gasteiger partial charge on any atom is 0.223 e. The Morgan fingerprint density at radius 2 is 1.81 bits per heavy atom. The number of hydrazine groups is 1. The number of carbonyl (C=O) groups is 1. The number of nitrogens with one attached hydrogen (secondary N) is 2. The smallest absolute Gasteiger partial charge is 0.223 e. The highest BCUT2D eigenvalue weighted by Gasteiger charge is 2.28. The Kier molecular flexibility index (Phi) is 7.08. The van der Waals surface area contributed by atoms with Gasteiger partial charge in [0.15, 0.2) is 5.82 Å². The van der Waals surface area contributed by atoms with Crippen LogP contribution in [0.2, 0.25) is 0 Å². The zero-order chi connectivity index (χ0) is 26.0. The summed E-state index contributed by atoms with van der Waals surface area (Å²) in [5.74, 6) is 0.725. The molecule has 0 atom stereocenters. The minimum Gasteiger partial charge on any atom is -0.389 e. The van der Waals surface area contributed by atoms with Crippen LogP contribution in [0.4, 0.5) is 0 Å². The van der Waals surface area contributed by atoms with Gasteiger partial charge in [0.25, 0.3) is 0 Å². The highest BCUT2D eigenvalue weighted by atomic mass is 16.3. The van der Waals surface area contributed by atoms with Crippen molar-refractivity contribution in [1.82, 2.24) is 35.5 Å². The van der Waals surface area contributed by atoms with Crippen LogP contribution in [0.3, 0.4) is 0 Å². The lowest BCUT2D eigenvalue weighted by molar-refractivity contribution is -0.127. The number of hydrogen-bond donors (Lipinski definition) is 3. The first-order valence-electron chi connectivity index (χ1n) is 12.9. The maximum absolute atomic E-state index is 12.4. The van der Waals surface area contributed by atoms with E-state index in [1.807, 2.05) is 47.5 Å². The molecular weight excluding hydrogens is 466 g/mol. The molecule has 0 radical (unpaired) electrons. The van der Waals surface area contributed by atoms with Crippen LogP contribution >= 0.6 is 0 Å². The molecule has 1 aliphatic heterocycles. The third kappa shape index (κ3) is 6.06. The van der Waals surface area contributed by atoms with Crippen LogP contribution in [0.5, 0.6) is 0 Å². The SMILES string of the molecule is CN1C=C(c2cccc(-c3ncc(-c4cnn([C@H]5CC[C@H](C(=O)NCC(C)(C)O)CC5)c4)cn3)c2)CN1. The average Bonchev–Trinajstić information content (AvgIpc) is 3.57. The molecule has 3 N–H and O–H groups in total. The van der Waals surface area contributed by atoms with Gasteiger partial charge in [-0.05, 0) is 56.7 Å². The lowest BCUT2D eigenvalue weighted by Gasteiger charge is -2.28. The number of amides is 1. The Morgan fingerprint density at radius 3 is 2.49 bits per heavy atom. The van der Waals surface area contributed by atoms with Gasteiger partial charge in [0.05, 0.1) is 17.8 Å². The molecule has 37 heavy (non-hydrogen) atoms. The molecule has 0 saturated heterocycles. The molecule has 3 heterocycles. The van der Waals surface area contributed by atoms with E-state index < -0.39 is 5.60 Å². The Balaban J connectivity index is 1.20. The van der Waals surface area contributed by atoms with E-state index in [0.29, 0.717) is 5.82 Å². The van der Waals surface area contributed by atoms with Crippen molar-refractivity contribution >= 4 is 11.5 Å². The van der Waals surface area contributed by atoms with Crippen molar-refractivity contribution in [3.63, 3.8) is 0 Å². The highest BCUT2D eigenvalue weighted by molar-refractivity contribution is 5.78. The van der Waals surface area contributed by atoms with Crippen molar-refractivity contribution in [2.45, 2.75) is 51.2 Å². The molecule has 0 unspecified atom stereocenters. The molecule has 194 valence electrons. The Morgan fingerprint density at radius 1 is 1.08 bits per heavy atom. The van der Waals surface area contributed by atoms with Crippen LogP contribution in [0, 0.1) is 5.92 Å². The van der Waals surface area contributed by atoms with Gasteiger partial charge in [-0.3, -0.25) is 9.48 Å². The Hall–Kier alpha value is -3.56. The number of aromatic nitrogens is 4. The summed E-state index contributed by atoms with van der Waals surface area (Å²) in [6.07, 6.45) is 13.1. The van der Waals surface area contributed by atoms with Gasteiger partial charge >= 0.3 is 0 Å². The van der Waals surface area contributed by atoms with E-state index in [2.05, 4.69) is 50.3 Å². The van der Waals surface area contributed by atoms with E-state index in [-0.39, 0.29) is 24.4 Å². The van der Waals surface area contributed by atoms with Gasteiger partial charge in [-0.15, -0.1) is 0 Å². The summed E-state index contributed by atoms with van der Waals surface area (Å²) in [4.78, 5) is 21.7. The largest absolute Gasteiger partial charge is 0.389 e. The van der Waals surface area contributed by atoms with Crippen LogP contribution in [-0.4, -0.2) is 61.5 Å². The van der Waals surface area contributed by atoms with Gasteiger partial charge in [-0.25, -0.2) is 15.4 Å². The summed E-state index contributed by atoms with van der Waals surface area (Å²) in [6.45, 7) is 4.47. The standard InChI is InChI=1S/C28H35N7O2/c1-28(2,37)18-31-27(36)19-7-9-25(10-8-19)35-17-24(15-33-35)22-12-29-26(30-13-22)21-6-4-5-20(11-21)23-14-32-34(3)16-23/h4-6,11-13,15-17,19,25,32,37H,7-10,14,18H2,1-3H3,(H,31,36)/t19-,25-. The van der Waals surface area contributed by atoms with Crippen LogP contribution in [0.1, 0.15) is 51.1 Å². The van der Waals surface area contributed by atoms with E-state index in [1.165, 1.54) is 5.57 Å². The van der Waals surface area contributed by atoms with E-state index in [9.17, 15) is 9.90 Å².